The molecule has 3 heteroatoms. The summed E-state index contributed by atoms with van der Waals surface area (Å²) in [5.41, 5.74) is 2.32. The molecule has 0 N–H and O–H groups in total. The summed E-state index contributed by atoms with van der Waals surface area (Å²) >= 11 is 0. The number of methoxy groups -OCH3 is 1. The monoisotopic (exact) mass is 221 g/mol. The van der Waals surface area contributed by atoms with E-state index < -0.39 is 0 Å². The maximum absolute atomic E-state index is 11.0. The Labute approximate surface area is 97.0 Å². The molecule has 0 saturated heterocycles. The van der Waals surface area contributed by atoms with Crippen molar-refractivity contribution in [3.63, 3.8) is 0 Å². The number of likely N-dealkylation sites (N-methyl/N-ethyl adjacent to an activating group) is 1. The Bertz CT molecular complexity index is 374. The molecular formula is C13H19NO2. The Hall–Kier alpha value is -1.35. The van der Waals surface area contributed by atoms with E-state index in [9.17, 15) is 4.79 Å². The first-order valence-corrected chi connectivity index (χ1v) is 5.34. The molecule has 16 heavy (non-hydrogen) atoms. The third kappa shape index (κ3) is 3.66. The molecule has 0 heterocycles. The van der Waals surface area contributed by atoms with Crippen molar-refractivity contribution in [3.05, 3.63) is 29.3 Å². The molecule has 1 aromatic carbocycles. The van der Waals surface area contributed by atoms with E-state index in [-0.39, 0.29) is 5.78 Å². The largest absolute Gasteiger partial charge is 0.496 e. The molecule has 0 atom stereocenters. The quantitative estimate of drug-likeness (QED) is 0.762. The van der Waals surface area contributed by atoms with E-state index in [0.29, 0.717) is 6.54 Å². The van der Waals surface area contributed by atoms with Crippen LogP contribution >= 0.6 is 0 Å². The Kier molecular flexibility index (Phi) is 4.50. The van der Waals surface area contributed by atoms with E-state index >= 15 is 0 Å². The molecule has 0 spiro atoms. The summed E-state index contributed by atoms with van der Waals surface area (Å²) in [6.45, 7) is 4.85. The molecule has 3 nitrogen and oxygen atoms in total. The fraction of sp³-hybridized carbons (Fsp3) is 0.462. The predicted molar refractivity (Wildman–Crippen MR) is 64.7 cm³/mol. The number of aryl methyl sites for hydroxylation is 1. The molecular weight excluding hydrogens is 202 g/mol. The van der Waals surface area contributed by atoms with Gasteiger partial charge in [0.05, 0.1) is 13.7 Å². The van der Waals surface area contributed by atoms with Crippen molar-refractivity contribution in [3.8, 4) is 5.75 Å². The van der Waals surface area contributed by atoms with Crippen LogP contribution in [0, 0.1) is 6.92 Å². The van der Waals surface area contributed by atoms with Crippen LogP contribution in [0.25, 0.3) is 0 Å². The van der Waals surface area contributed by atoms with Crippen molar-refractivity contribution < 1.29 is 9.53 Å². The number of rotatable bonds is 5. The lowest BCUT2D eigenvalue weighted by Crippen LogP contribution is -2.24. The standard InChI is InChI=1S/C13H19NO2/c1-10-5-6-13(16-4)12(7-10)9-14(3)8-11(2)15/h5-7H,8-9H2,1-4H3. The second kappa shape index (κ2) is 5.66. The molecule has 0 aliphatic rings. The number of hydrogen-bond acceptors (Lipinski definition) is 3. The average Bonchev–Trinajstić information content (AvgIpc) is 2.16. The third-order valence-electron chi connectivity index (χ3n) is 2.37. The summed E-state index contributed by atoms with van der Waals surface area (Å²) < 4.78 is 5.29. The second-order valence-electron chi connectivity index (χ2n) is 4.19. The molecule has 0 fully saturated rings. The highest BCUT2D eigenvalue weighted by Crippen LogP contribution is 2.20. The van der Waals surface area contributed by atoms with Gasteiger partial charge in [0.15, 0.2) is 0 Å². The van der Waals surface area contributed by atoms with Crippen LogP contribution in [0.1, 0.15) is 18.1 Å². The van der Waals surface area contributed by atoms with Crippen LogP contribution in [0.15, 0.2) is 18.2 Å². The van der Waals surface area contributed by atoms with Crippen molar-refractivity contribution in [2.45, 2.75) is 20.4 Å². The maximum atomic E-state index is 11.0. The van der Waals surface area contributed by atoms with Gasteiger partial charge in [0, 0.05) is 12.1 Å². The molecule has 0 aliphatic carbocycles. The SMILES string of the molecule is COc1ccc(C)cc1CN(C)CC(C)=O. The number of hydrogen-bond donors (Lipinski definition) is 0. The molecule has 0 bridgehead atoms. The van der Waals surface area contributed by atoms with Gasteiger partial charge in [-0.25, -0.2) is 0 Å². The summed E-state index contributed by atoms with van der Waals surface area (Å²) in [5, 5.41) is 0. The van der Waals surface area contributed by atoms with Gasteiger partial charge in [0.2, 0.25) is 0 Å². The minimum Gasteiger partial charge on any atom is -0.496 e. The van der Waals surface area contributed by atoms with E-state index in [2.05, 4.69) is 6.07 Å². The van der Waals surface area contributed by atoms with Gasteiger partial charge in [-0.2, -0.15) is 0 Å². The first-order valence-electron chi connectivity index (χ1n) is 5.34. The molecule has 0 aromatic heterocycles. The van der Waals surface area contributed by atoms with Crippen molar-refractivity contribution >= 4 is 5.78 Å². The summed E-state index contributed by atoms with van der Waals surface area (Å²) in [7, 11) is 3.60. The molecule has 1 rings (SSSR count). The zero-order valence-electron chi connectivity index (χ0n) is 10.4. The van der Waals surface area contributed by atoms with Crippen molar-refractivity contribution in [1.82, 2.24) is 4.90 Å². The topological polar surface area (TPSA) is 29.5 Å². The Morgan fingerprint density at radius 3 is 2.69 bits per heavy atom. The van der Waals surface area contributed by atoms with Crippen LogP contribution in [-0.4, -0.2) is 31.4 Å². The zero-order valence-corrected chi connectivity index (χ0v) is 10.4. The molecule has 0 amide bonds. The van der Waals surface area contributed by atoms with Gasteiger partial charge >= 0.3 is 0 Å². The number of Topliss-reactive ketones (excluding diaryl/α,β-unsaturated/α-hetero) is 1. The van der Waals surface area contributed by atoms with Gasteiger partial charge in [-0.15, -0.1) is 0 Å². The summed E-state index contributed by atoms with van der Waals surface area (Å²) in [6.07, 6.45) is 0. The van der Waals surface area contributed by atoms with Gasteiger partial charge in [0.25, 0.3) is 0 Å². The van der Waals surface area contributed by atoms with Crippen molar-refractivity contribution in [1.29, 1.82) is 0 Å². The zero-order chi connectivity index (χ0) is 12.1. The summed E-state index contributed by atoms with van der Waals surface area (Å²) in [5.74, 6) is 1.05. The van der Waals surface area contributed by atoms with E-state index in [4.69, 9.17) is 4.74 Å². The normalized spacial score (nSPS) is 10.6. The predicted octanol–water partition coefficient (Wildman–Crippen LogP) is 2.02. The average molecular weight is 221 g/mol. The highest BCUT2D eigenvalue weighted by Gasteiger charge is 2.07. The highest BCUT2D eigenvalue weighted by molar-refractivity contribution is 5.77. The van der Waals surface area contributed by atoms with E-state index in [1.165, 1.54) is 5.56 Å². The molecule has 1 aromatic rings. The van der Waals surface area contributed by atoms with Gasteiger partial charge < -0.3 is 4.74 Å². The third-order valence-corrected chi connectivity index (χ3v) is 2.37. The smallest absolute Gasteiger partial charge is 0.143 e. The molecule has 0 unspecified atom stereocenters. The van der Waals surface area contributed by atoms with Crippen molar-refractivity contribution in [2.75, 3.05) is 20.7 Å². The van der Waals surface area contributed by atoms with E-state index in [1.54, 1.807) is 14.0 Å². The molecule has 0 radical (unpaired) electrons. The van der Waals surface area contributed by atoms with Crippen LogP contribution < -0.4 is 4.74 Å². The Morgan fingerprint density at radius 2 is 2.12 bits per heavy atom. The number of carbonyl (C=O) groups is 1. The van der Waals surface area contributed by atoms with Crippen LogP contribution in [0.2, 0.25) is 0 Å². The molecule has 0 saturated carbocycles. The number of ether oxygens (including phenoxy) is 1. The van der Waals surface area contributed by atoms with Gasteiger partial charge in [0.1, 0.15) is 11.5 Å². The number of benzene rings is 1. The van der Waals surface area contributed by atoms with Gasteiger partial charge in [-0.1, -0.05) is 17.7 Å². The fourth-order valence-corrected chi connectivity index (χ4v) is 1.76. The number of carbonyl (C=O) groups excluding carboxylic acids is 1. The lowest BCUT2D eigenvalue weighted by molar-refractivity contribution is -0.117. The fourth-order valence-electron chi connectivity index (χ4n) is 1.76. The first-order chi connectivity index (χ1) is 7.52. The maximum Gasteiger partial charge on any atom is 0.143 e. The lowest BCUT2D eigenvalue weighted by Gasteiger charge is -2.17. The second-order valence-corrected chi connectivity index (χ2v) is 4.19. The van der Waals surface area contributed by atoms with Gasteiger partial charge in [-0.05, 0) is 27.0 Å². The van der Waals surface area contributed by atoms with Crippen LogP contribution in [-0.2, 0) is 11.3 Å². The van der Waals surface area contributed by atoms with Crippen LogP contribution in [0.5, 0.6) is 5.75 Å². The minimum atomic E-state index is 0.175. The summed E-state index contributed by atoms with van der Waals surface area (Å²) in [4.78, 5) is 13.0. The van der Waals surface area contributed by atoms with E-state index in [0.717, 1.165) is 17.9 Å². The number of nitrogens with zero attached hydrogens (tertiary/aromatic N) is 1. The van der Waals surface area contributed by atoms with Crippen LogP contribution in [0.4, 0.5) is 0 Å². The lowest BCUT2D eigenvalue weighted by atomic mass is 10.1. The van der Waals surface area contributed by atoms with Crippen molar-refractivity contribution in [2.24, 2.45) is 0 Å². The van der Waals surface area contributed by atoms with Crippen LogP contribution in [0.3, 0.4) is 0 Å². The minimum absolute atomic E-state index is 0.175. The Balaban J connectivity index is 2.78. The van der Waals surface area contributed by atoms with E-state index in [1.807, 2.05) is 31.0 Å². The molecule has 88 valence electrons. The first kappa shape index (κ1) is 12.7. The highest BCUT2D eigenvalue weighted by atomic mass is 16.5. The Morgan fingerprint density at radius 1 is 1.44 bits per heavy atom. The molecule has 0 aliphatic heterocycles. The summed E-state index contributed by atoms with van der Waals surface area (Å²) in [6, 6.07) is 6.08. The number of ketones is 1. The van der Waals surface area contributed by atoms with Gasteiger partial charge in [-0.3, -0.25) is 9.69 Å².